The van der Waals surface area contributed by atoms with Gasteiger partial charge >= 0.3 is 0 Å². The van der Waals surface area contributed by atoms with Gasteiger partial charge in [0.25, 0.3) is 15.9 Å². The smallest absolute Gasteiger partial charge is 0.264 e. The Bertz CT molecular complexity index is 1380. The molecule has 37 heavy (non-hydrogen) atoms. The Morgan fingerprint density at radius 3 is 2.35 bits per heavy atom. The zero-order valence-electron chi connectivity index (χ0n) is 21.3. The maximum atomic E-state index is 13.7. The lowest BCUT2D eigenvalue weighted by molar-refractivity contribution is -0.127. The Morgan fingerprint density at radius 1 is 0.946 bits per heavy atom. The molecule has 0 aliphatic carbocycles. The normalized spacial score (nSPS) is 17.8. The number of nitrogens with zero attached hydrogens (tertiary/aromatic N) is 2. The molecule has 1 atom stereocenters. The molecule has 8 heteroatoms. The summed E-state index contributed by atoms with van der Waals surface area (Å²) in [5.74, 6) is 0.0356. The summed E-state index contributed by atoms with van der Waals surface area (Å²) in [7, 11) is -3.89. The van der Waals surface area contributed by atoms with Crippen molar-refractivity contribution in [2.45, 2.75) is 50.8 Å². The largest absolute Gasteiger partial charge is 0.476 e. The van der Waals surface area contributed by atoms with Crippen LogP contribution in [0.4, 0.5) is 5.69 Å². The molecule has 2 aliphatic rings. The lowest BCUT2D eigenvalue weighted by atomic mass is 10.1. The summed E-state index contributed by atoms with van der Waals surface area (Å²) in [6, 6.07) is 20.2. The number of amides is 1. The van der Waals surface area contributed by atoms with Crippen LogP contribution in [-0.4, -0.2) is 45.0 Å². The molecule has 3 aromatic rings. The minimum absolute atomic E-state index is 0.103. The van der Waals surface area contributed by atoms with Gasteiger partial charge in [-0.2, -0.15) is 0 Å². The minimum Gasteiger partial charge on any atom is -0.476 e. The number of likely N-dealkylation sites (tertiary alicyclic amines) is 1. The van der Waals surface area contributed by atoms with E-state index in [2.05, 4.69) is 16.3 Å². The SMILES string of the molecule is Cc1ccc(S(=O)(=O)N2C[C@@H](C(=O)NCc3ccccc3CN3CCCC3)Oc3ccc(C)cc32)cc1. The highest BCUT2D eigenvalue weighted by molar-refractivity contribution is 7.92. The van der Waals surface area contributed by atoms with Crippen LogP contribution >= 0.6 is 0 Å². The molecular formula is C29H33N3O4S. The third kappa shape index (κ3) is 5.50. The molecule has 0 aromatic heterocycles. The first kappa shape index (κ1) is 25.3. The Hall–Kier alpha value is -3.36. The Morgan fingerprint density at radius 2 is 1.62 bits per heavy atom. The third-order valence-corrected chi connectivity index (χ3v) is 8.84. The van der Waals surface area contributed by atoms with Crippen LogP contribution in [0.5, 0.6) is 5.75 Å². The minimum atomic E-state index is -3.89. The Kier molecular flexibility index (Phi) is 7.22. The number of hydrogen-bond acceptors (Lipinski definition) is 5. The quantitative estimate of drug-likeness (QED) is 0.507. The average Bonchev–Trinajstić information content (AvgIpc) is 3.40. The van der Waals surface area contributed by atoms with E-state index in [0.29, 0.717) is 18.0 Å². The van der Waals surface area contributed by atoms with Crippen molar-refractivity contribution in [3.8, 4) is 5.75 Å². The van der Waals surface area contributed by atoms with Crippen molar-refractivity contribution >= 4 is 21.6 Å². The fraction of sp³-hybridized carbons (Fsp3) is 0.345. The van der Waals surface area contributed by atoms with Crippen molar-refractivity contribution in [3.63, 3.8) is 0 Å². The molecule has 0 saturated carbocycles. The van der Waals surface area contributed by atoms with Gasteiger partial charge in [0.2, 0.25) is 0 Å². The summed E-state index contributed by atoms with van der Waals surface area (Å²) in [6.07, 6.45) is 1.48. The van der Waals surface area contributed by atoms with E-state index in [0.717, 1.165) is 36.3 Å². The lowest BCUT2D eigenvalue weighted by Gasteiger charge is -2.35. The third-order valence-electron chi connectivity index (χ3n) is 7.05. The van der Waals surface area contributed by atoms with Crippen LogP contribution < -0.4 is 14.4 Å². The van der Waals surface area contributed by atoms with Crippen LogP contribution in [0.1, 0.15) is 35.1 Å². The number of hydrogen-bond donors (Lipinski definition) is 1. The molecule has 1 saturated heterocycles. The first-order valence-corrected chi connectivity index (χ1v) is 14.2. The van der Waals surface area contributed by atoms with Crippen molar-refractivity contribution < 1.29 is 17.9 Å². The summed E-state index contributed by atoms with van der Waals surface area (Å²) in [5.41, 5.74) is 4.57. The summed E-state index contributed by atoms with van der Waals surface area (Å²) in [6.45, 7) is 7.12. The van der Waals surface area contributed by atoms with Crippen LogP contribution in [0.3, 0.4) is 0 Å². The summed E-state index contributed by atoms with van der Waals surface area (Å²) < 4.78 is 34.7. The molecule has 0 radical (unpaired) electrons. The van der Waals surface area contributed by atoms with E-state index in [9.17, 15) is 13.2 Å². The van der Waals surface area contributed by atoms with Crippen molar-refractivity contribution in [2.24, 2.45) is 0 Å². The summed E-state index contributed by atoms with van der Waals surface area (Å²) >= 11 is 0. The Balaban J connectivity index is 1.36. The second-order valence-corrected chi connectivity index (χ2v) is 11.8. The van der Waals surface area contributed by atoms with E-state index in [-0.39, 0.29) is 17.3 Å². The number of anilines is 1. The van der Waals surface area contributed by atoms with Crippen LogP contribution in [0.15, 0.2) is 71.6 Å². The molecule has 1 N–H and O–H groups in total. The molecule has 1 fully saturated rings. The zero-order chi connectivity index (χ0) is 26.0. The molecule has 5 rings (SSSR count). The predicted octanol–water partition coefficient (Wildman–Crippen LogP) is 4.17. The van der Waals surface area contributed by atoms with Gasteiger partial charge in [0, 0.05) is 13.1 Å². The number of carbonyl (C=O) groups excluding carboxylic acids is 1. The van der Waals surface area contributed by atoms with Gasteiger partial charge in [-0.1, -0.05) is 48.0 Å². The summed E-state index contributed by atoms with van der Waals surface area (Å²) in [5, 5.41) is 2.99. The lowest BCUT2D eigenvalue weighted by Crippen LogP contribution is -2.50. The van der Waals surface area contributed by atoms with Crippen molar-refractivity contribution in [2.75, 3.05) is 23.9 Å². The van der Waals surface area contributed by atoms with Gasteiger partial charge in [-0.3, -0.25) is 14.0 Å². The maximum Gasteiger partial charge on any atom is 0.264 e. The molecule has 0 unspecified atom stereocenters. The molecule has 194 valence electrons. The van der Waals surface area contributed by atoms with Gasteiger partial charge in [0.05, 0.1) is 17.1 Å². The monoisotopic (exact) mass is 519 g/mol. The van der Waals surface area contributed by atoms with Gasteiger partial charge in [-0.15, -0.1) is 0 Å². The van der Waals surface area contributed by atoms with Crippen molar-refractivity contribution in [1.82, 2.24) is 10.2 Å². The molecule has 1 amide bonds. The van der Waals surface area contributed by atoms with E-state index >= 15 is 0 Å². The molecule has 0 spiro atoms. The van der Waals surface area contributed by atoms with E-state index in [1.807, 2.05) is 38.1 Å². The Labute approximate surface area is 219 Å². The number of nitrogens with one attached hydrogen (secondary N) is 1. The van der Waals surface area contributed by atoms with Crippen LogP contribution in [0.25, 0.3) is 0 Å². The molecule has 2 aliphatic heterocycles. The number of aryl methyl sites for hydroxylation is 2. The van der Waals surface area contributed by atoms with E-state index in [1.165, 1.54) is 22.7 Å². The predicted molar refractivity (Wildman–Crippen MR) is 144 cm³/mol. The van der Waals surface area contributed by atoms with Crippen molar-refractivity contribution in [3.05, 3.63) is 89.0 Å². The second kappa shape index (κ2) is 10.6. The first-order valence-electron chi connectivity index (χ1n) is 12.7. The number of carbonyl (C=O) groups is 1. The topological polar surface area (TPSA) is 79.0 Å². The number of benzene rings is 3. The molecule has 7 nitrogen and oxygen atoms in total. The highest BCUT2D eigenvalue weighted by atomic mass is 32.2. The van der Waals surface area contributed by atoms with E-state index in [4.69, 9.17) is 4.74 Å². The van der Waals surface area contributed by atoms with Gasteiger partial charge in [0.1, 0.15) is 5.75 Å². The number of sulfonamides is 1. The second-order valence-electron chi connectivity index (χ2n) is 9.90. The fourth-order valence-corrected chi connectivity index (χ4v) is 6.39. The average molecular weight is 520 g/mol. The highest BCUT2D eigenvalue weighted by Crippen LogP contribution is 2.37. The van der Waals surface area contributed by atoms with Gasteiger partial charge < -0.3 is 10.1 Å². The maximum absolute atomic E-state index is 13.7. The standard InChI is InChI=1S/C29H33N3O4S/c1-21-9-12-25(13-10-21)37(34,35)32-20-28(36-27-14-11-22(2)17-26(27)32)29(33)30-18-23-7-3-4-8-24(23)19-31-15-5-6-16-31/h3-4,7-14,17,28H,5-6,15-16,18-20H2,1-2H3,(H,30,33)/t28-/m0/s1. The van der Waals surface area contributed by atoms with Crippen molar-refractivity contribution in [1.29, 1.82) is 0 Å². The van der Waals surface area contributed by atoms with Crippen LogP contribution in [0, 0.1) is 13.8 Å². The first-order chi connectivity index (χ1) is 17.8. The van der Waals surface area contributed by atoms with Crippen LogP contribution in [0.2, 0.25) is 0 Å². The van der Waals surface area contributed by atoms with Crippen LogP contribution in [-0.2, 0) is 27.9 Å². The van der Waals surface area contributed by atoms with Gasteiger partial charge in [-0.25, -0.2) is 8.42 Å². The molecule has 0 bridgehead atoms. The molecular weight excluding hydrogens is 486 g/mol. The van der Waals surface area contributed by atoms with E-state index in [1.54, 1.807) is 36.4 Å². The fourth-order valence-electron chi connectivity index (χ4n) is 4.92. The highest BCUT2D eigenvalue weighted by Gasteiger charge is 2.37. The van der Waals surface area contributed by atoms with Gasteiger partial charge in [0.15, 0.2) is 6.10 Å². The zero-order valence-corrected chi connectivity index (χ0v) is 22.1. The molecule has 2 heterocycles. The number of ether oxygens (including phenoxy) is 1. The number of rotatable bonds is 7. The number of fused-ring (bicyclic) bond motifs is 1. The van der Waals surface area contributed by atoms with E-state index < -0.39 is 16.1 Å². The molecule has 3 aromatic carbocycles. The summed E-state index contributed by atoms with van der Waals surface area (Å²) in [4.78, 5) is 15.9. The van der Waals surface area contributed by atoms with Gasteiger partial charge in [-0.05, 0) is 80.7 Å².